The number of thiophene rings is 1. The standard InChI is InChI=1S/C27H25FN4OS/c1-27(2)11-20-24(21(33)12-27)23(15-7-9-16(28)10-8-15)19(14-30)25(31)32(20)26-18(13-29)17-5-3-4-6-22(17)34-26/h7-10,23H,3-6,11-12,31H2,1-2H3/t23-/m0/s1. The number of ketones is 1. The van der Waals surface area contributed by atoms with E-state index in [0.29, 0.717) is 34.5 Å². The first kappa shape index (κ1) is 22.4. The molecule has 1 aliphatic heterocycles. The molecule has 0 amide bonds. The number of halogens is 1. The molecule has 1 atom stereocenters. The molecule has 172 valence electrons. The summed E-state index contributed by atoms with van der Waals surface area (Å²) in [6, 6.07) is 10.5. The van der Waals surface area contributed by atoms with Crippen molar-refractivity contribution in [2.45, 2.75) is 58.3 Å². The van der Waals surface area contributed by atoms with Gasteiger partial charge >= 0.3 is 0 Å². The van der Waals surface area contributed by atoms with E-state index in [0.717, 1.165) is 36.9 Å². The number of fused-ring (bicyclic) bond motifs is 1. The van der Waals surface area contributed by atoms with Crippen LogP contribution in [0.4, 0.5) is 9.39 Å². The molecule has 0 unspecified atom stereocenters. The largest absolute Gasteiger partial charge is 0.384 e. The van der Waals surface area contributed by atoms with Gasteiger partial charge in [-0.15, -0.1) is 11.3 Å². The average molecular weight is 473 g/mol. The Kier molecular flexibility index (Phi) is 5.34. The van der Waals surface area contributed by atoms with Crippen molar-refractivity contribution in [3.63, 3.8) is 0 Å². The summed E-state index contributed by atoms with van der Waals surface area (Å²) >= 11 is 1.55. The summed E-state index contributed by atoms with van der Waals surface area (Å²) in [5, 5.41) is 21.0. The minimum absolute atomic E-state index is 0.0364. The van der Waals surface area contributed by atoms with E-state index >= 15 is 0 Å². The molecule has 7 heteroatoms. The molecular formula is C27H25FN4OS. The molecule has 2 N–H and O–H groups in total. The molecule has 2 aliphatic carbocycles. The number of aryl methyl sites for hydroxylation is 1. The van der Waals surface area contributed by atoms with E-state index in [9.17, 15) is 19.7 Å². The molecule has 0 spiro atoms. The van der Waals surface area contributed by atoms with Crippen molar-refractivity contribution >= 4 is 22.1 Å². The summed E-state index contributed by atoms with van der Waals surface area (Å²) in [6.45, 7) is 4.09. The Balaban J connectivity index is 1.79. The average Bonchev–Trinajstić information content (AvgIpc) is 3.16. The highest BCUT2D eigenvalue weighted by Gasteiger charge is 2.45. The van der Waals surface area contributed by atoms with Crippen molar-refractivity contribution in [2.75, 3.05) is 4.90 Å². The highest BCUT2D eigenvalue weighted by Crippen LogP contribution is 2.52. The predicted octanol–water partition coefficient (Wildman–Crippen LogP) is 5.58. The van der Waals surface area contributed by atoms with E-state index in [4.69, 9.17) is 5.73 Å². The Hall–Kier alpha value is -3.42. The van der Waals surface area contributed by atoms with Gasteiger partial charge in [-0.3, -0.25) is 9.69 Å². The van der Waals surface area contributed by atoms with Crippen LogP contribution in [0.5, 0.6) is 0 Å². The van der Waals surface area contributed by atoms with Gasteiger partial charge in [-0.1, -0.05) is 26.0 Å². The van der Waals surface area contributed by atoms with Crippen molar-refractivity contribution in [1.82, 2.24) is 0 Å². The van der Waals surface area contributed by atoms with E-state index in [-0.39, 0.29) is 28.4 Å². The molecule has 3 aliphatic rings. The van der Waals surface area contributed by atoms with Gasteiger partial charge in [0, 0.05) is 22.6 Å². The second-order valence-corrected chi connectivity index (χ2v) is 11.1. The minimum atomic E-state index is -0.652. The van der Waals surface area contributed by atoms with Crippen molar-refractivity contribution in [3.05, 3.63) is 74.3 Å². The predicted molar refractivity (Wildman–Crippen MR) is 129 cm³/mol. The Labute approximate surface area is 202 Å². The van der Waals surface area contributed by atoms with Crippen LogP contribution in [0.2, 0.25) is 0 Å². The third-order valence-electron chi connectivity index (χ3n) is 7.05. The smallest absolute Gasteiger partial charge is 0.162 e. The third kappa shape index (κ3) is 3.43. The lowest BCUT2D eigenvalue weighted by Crippen LogP contribution is -2.42. The van der Waals surface area contributed by atoms with E-state index in [2.05, 4.69) is 12.1 Å². The number of rotatable bonds is 2. The molecule has 5 rings (SSSR count). The number of nitrogens with zero attached hydrogens (tertiary/aromatic N) is 3. The molecule has 0 radical (unpaired) electrons. The highest BCUT2D eigenvalue weighted by atomic mass is 32.1. The number of nitrogens with two attached hydrogens (primary N) is 1. The molecule has 2 heterocycles. The van der Waals surface area contributed by atoms with Gasteiger partial charge in [0.25, 0.3) is 0 Å². The summed E-state index contributed by atoms with van der Waals surface area (Å²) in [5.74, 6) is -0.827. The van der Waals surface area contributed by atoms with Crippen LogP contribution in [-0.2, 0) is 17.6 Å². The van der Waals surface area contributed by atoms with Crippen LogP contribution in [0.15, 0.2) is 46.9 Å². The van der Waals surface area contributed by atoms with Gasteiger partial charge in [0.05, 0.1) is 23.1 Å². The van der Waals surface area contributed by atoms with Crippen molar-refractivity contribution in [3.8, 4) is 12.1 Å². The molecule has 2 aromatic rings. The quantitative estimate of drug-likeness (QED) is 0.616. The summed E-state index contributed by atoms with van der Waals surface area (Å²) < 4.78 is 13.7. The van der Waals surface area contributed by atoms with Gasteiger partial charge < -0.3 is 5.73 Å². The molecule has 1 aromatic carbocycles. The number of benzene rings is 1. The lowest BCUT2D eigenvalue weighted by Gasteiger charge is -2.43. The highest BCUT2D eigenvalue weighted by molar-refractivity contribution is 7.16. The van der Waals surface area contributed by atoms with Crippen LogP contribution >= 0.6 is 11.3 Å². The second-order valence-electron chi connectivity index (χ2n) is 10.0. The fraction of sp³-hybridized carbons (Fsp3) is 0.370. The fourth-order valence-electron chi connectivity index (χ4n) is 5.55. The number of hydrogen-bond donors (Lipinski definition) is 1. The molecule has 1 aromatic heterocycles. The maximum atomic E-state index is 13.7. The van der Waals surface area contributed by atoms with Crippen LogP contribution in [0.3, 0.4) is 0 Å². The first-order valence-electron chi connectivity index (χ1n) is 11.5. The number of allylic oxidation sites excluding steroid dienone is 3. The van der Waals surface area contributed by atoms with Crippen LogP contribution in [0.1, 0.15) is 67.0 Å². The first-order valence-corrected chi connectivity index (χ1v) is 12.3. The Bertz CT molecular complexity index is 1350. The summed E-state index contributed by atoms with van der Waals surface area (Å²) in [4.78, 5) is 16.6. The van der Waals surface area contributed by atoms with Gasteiger partial charge in [-0.05, 0) is 60.8 Å². The van der Waals surface area contributed by atoms with Gasteiger partial charge in [0.15, 0.2) is 5.78 Å². The number of anilines is 1. The van der Waals surface area contributed by atoms with Gasteiger partial charge in [0.1, 0.15) is 22.7 Å². The second kappa shape index (κ2) is 8.11. The van der Waals surface area contributed by atoms with E-state index < -0.39 is 5.92 Å². The third-order valence-corrected chi connectivity index (χ3v) is 8.33. The van der Waals surface area contributed by atoms with Crippen LogP contribution < -0.4 is 10.6 Å². The van der Waals surface area contributed by atoms with Crippen LogP contribution in [-0.4, -0.2) is 5.78 Å². The van der Waals surface area contributed by atoms with Gasteiger partial charge in [-0.25, -0.2) is 4.39 Å². The van der Waals surface area contributed by atoms with Crippen molar-refractivity contribution in [1.29, 1.82) is 10.5 Å². The minimum Gasteiger partial charge on any atom is -0.384 e. The van der Waals surface area contributed by atoms with E-state index in [1.807, 2.05) is 18.7 Å². The number of carbonyl (C=O) groups excluding carboxylic acids is 1. The maximum Gasteiger partial charge on any atom is 0.162 e. The topological polar surface area (TPSA) is 93.9 Å². The maximum absolute atomic E-state index is 13.7. The molecule has 0 saturated carbocycles. The monoisotopic (exact) mass is 472 g/mol. The summed E-state index contributed by atoms with van der Waals surface area (Å²) in [6.07, 6.45) is 4.83. The number of nitriles is 2. The Morgan fingerprint density at radius 2 is 1.82 bits per heavy atom. The normalized spacial score (nSPS) is 21.6. The molecular weight excluding hydrogens is 447 g/mol. The fourth-order valence-corrected chi connectivity index (χ4v) is 6.93. The lowest BCUT2D eigenvalue weighted by atomic mass is 9.68. The zero-order valence-electron chi connectivity index (χ0n) is 19.2. The van der Waals surface area contributed by atoms with E-state index in [1.165, 1.54) is 17.0 Å². The zero-order chi connectivity index (χ0) is 24.2. The van der Waals surface area contributed by atoms with Gasteiger partial charge in [0.2, 0.25) is 0 Å². The number of carbonyl (C=O) groups is 1. The summed E-state index contributed by atoms with van der Waals surface area (Å²) in [7, 11) is 0. The SMILES string of the molecule is CC1(C)CC(=O)C2=C(C1)N(c1sc3c(c1C#N)CCCC3)C(N)=C(C#N)[C@@H]2c1ccc(F)cc1. The summed E-state index contributed by atoms with van der Waals surface area (Å²) in [5.41, 5.74) is 10.3. The Morgan fingerprint density at radius 1 is 1.12 bits per heavy atom. The first-order chi connectivity index (χ1) is 16.3. The molecule has 0 fully saturated rings. The lowest BCUT2D eigenvalue weighted by molar-refractivity contribution is -0.118. The van der Waals surface area contributed by atoms with Gasteiger partial charge in [-0.2, -0.15) is 10.5 Å². The molecule has 0 saturated heterocycles. The van der Waals surface area contributed by atoms with E-state index in [1.54, 1.807) is 23.5 Å². The number of hydrogen-bond acceptors (Lipinski definition) is 6. The zero-order valence-corrected chi connectivity index (χ0v) is 20.1. The van der Waals surface area contributed by atoms with Crippen LogP contribution in [0.25, 0.3) is 0 Å². The van der Waals surface area contributed by atoms with Crippen LogP contribution in [0, 0.1) is 33.9 Å². The Morgan fingerprint density at radius 3 is 2.50 bits per heavy atom. The van der Waals surface area contributed by atoms with Crippen molar-refractivity contribution < 1.29 is 9.18 Å². The molecule has 5 nitrogen and oxygen atoms in total. The molecule has 34 heavy (non-hydrogen) atoms. The van der Waals surface area contributed by atoms with Crippen molar-refractivity contribution in [2.24, 2.45) is 11.1 Å². The molecule has 0 bridgehead atoms. The number of Topliss-reactive ketones (excluding diaryl/α,β-unsaturated/α-hetero) is 1.